The van der Waals surface area contributed by atoms with Gasteiger partial charge in [0, 0.05) is 0 Å². The van der Waals surface area contributed by atoms with Gasteiger partial charge in [-0.1, -0.05) is 57.6 Å². The van der Waals surface area contributed by atoms with Gasteiger partial charge in [-0.25, -0.2) is 4.39 Å². The molecule has 1 aliphatic carbocycles. The zero-order valence-electron chi connectivity index (χ0n) is 12.4. The Kier molecular flexibility index (Phi) is 5.59. The van der Waals surface area contributed by atoms with Crippen molar-refractivity contribution < 1.29 is 4.39 Å². The molecule has 2 rings (SSSR count). The number of aryl methyl sites for hydroxylation is 1. The molecular weight excluding hydrogens is 249 g/mol. The third kappa shape index (κ3) is 3.82. The summed E-state index contributed by atoms with van der Waals surface area (Å²) in [6.07, 6.45) is 9.77. The van der Waals surface area contributed by atoms with Crippen molar-refractivity contribution in [3.05, 3.63) is 35.1 Å². The van der Waals surface area contributed by atoms with Crippen LogP contribution < -0.4 is 0 Å². The Morgan fingerprint density at radius 1 is 1.15 bits per heavy atom. The fourth-order valence-electron chi connectivity index (χ4n) is 3.44. The fourth-order valence-corrected chi connectivity index (χ4v) is 3.44. The number of hydrogen-bond donors (Lipinski definition) is 0. The van der Waals surface area contributed by atoms with Gasteiger partial charge in [-0.05, 0) is 36.3 Å². The van der Waals surface area contributed by atoms with Gasteiger partial charge in [0.25, 0.3) is 0 Å². The number of nitriles is 1. The Hall–Kier alpha value is -1.36. The first-order valence-corrected chi connectivity index (χ1v) is 7.92. The second-order valence-electron chi connectivity index (χ2n) is 6.10. The summed E-state index contributed by atoms with van der Waals surface area (Å²) in [5, 5.41) is 8.85. The highest BCUT2D eigenvalue weighted by molar-refractivity contribution is 5.34. The van der Waals surface area contributed by atoms with Crippen LogP contribution in [0.1, 0.15) is 63.0 Å². The molecule has 1 aromatic carbocycles. The molecule has 0 saturated heterocycles. The van der Waals surface area contributed by atoms with E-state index in [4.69, 9.17) is 5.26 Å². The number of hydrogen-bond acceptors (Lipinski definition) is 1. The van der Waals surface area contributed by atoms with Gasteiger partial charge in [0.05, 0.1) is 5.56 Å². The zero-order chi connectivity index (χ0) is 14.4. The average Bonchev–Trinajstić information content (AvgIpc) is 2.48. The standard InChI is InChI=1S/C18H24FN/c1-2-4-14-7-9-15(10-8-14)11-12-16-5-3-6-17(13-20)18(16)19/h3,5-6,14-15H,2,4,7-12H2,1H3. The van der Waals surface area contributed by atoms with E-state index in [1.165, 1.54) is 38.5 Å². The lowest BCUT2D eigenvalue weighted by Crippen LogP contribution is -2.15. The van der Waals surface area contributed by atoms with E-state index in [9.17, 15) is 4.39 Å². The molecule has 0 N–H and O–H groups in total. The van der Waals surface area contributed by atoms with E-state index >= 15 is 0 Å². The highest BCUT2D eigenvalue weighted by Gasteiger charge is 2.20. The zero-order valence-corrected chi connectivity index (χ0v) is 12.4. The minimum atomic E-state index is -0.310. The van der Waals surface area contributed by atoms with Crippen molar-refractivity contribution in [3.8, 4) is 6.07 Å². The van der Waals surface area contributed by atoms with Crippen LogP contribution in [-0.2, 0) is 6.42 Å². The third-order valence-corrected chi connectivity index (χ3v) is 4.68. The summed E-state index contributed by atoms with van der Waals surface area (Å²) in [4.78, 5) is 0. The van der Waals surface area contributed by atoms with Crippen LogP contribution in [0.4, 0.5) is 4.39 Å². The summed E-state index contributed by atoms with van der Waals surface area (Å²) >= 11 is 0. The predicted octanol–water partition coefficient (Wildman–Crippen LogP) is 5.24. The third-order valence-electron chi connectivity index (χ3n) is 4.68. The molecule has 20 heavy (non-hydrogen) atoms. The molecule has 1 aliphatic rings. The van der Waals surface area contributed by atoms with Crippen molar-refractivity contribution in [3.63, 3.8) is 0 Å². The monoisotopic (exact) mass is 273 g/mol. The van der Waals surface area contributed by atoms with Gasteiger partial charge in [0.2, 0.25) is 0 Å². The number of benzene rings is 1. The lowest BCUT2D eigenvalue weighted by Gasteiger charge is -2.28. The van der Waals surface area contributed by atoms with Crippen LogP contribution in [-0.4, -0.2) is 0 Å². The fraction of sp³-hybridized carbons (Fsp3) is 0.611. The van der Waals surface area contributed by atoms with Crippen molar-refractivity contribution in [1.82, 2.24) is 0 Å². The molecular formula is C18H24FN. The predicted molar refractivity (Wildman–Crippen MR) is 79.8 cm³/mol. The molecule has 0 atom stereocenters. The van der Waals surface area contributed by atoms with Crippen LogP contribution in [0, 0.1) is 29.0 Å². The van der Waals surface area contributed by atoms with Crippen LogP contribution in [0.3, 0.4) is 0 Å². The topological polar surface area (TPSA) is 23.8 Å². The molecule has 0 aromatic heterocycles. The quantitative estimate of drug-likeness (QED) is 0.720. The van der Waals surface area contributed by atoms with Crippen LogP contribution >= 0.6 is 0 Å². The molecule has 0 unspecified atom stereocenters. The molecule has 0 radical (unpaired) electrons. The maximum atomic E-state index is 14.0. The first-order chi connectivity index (χ1) is 9.74. The molecule has 1 saturated carbocycles. The van der Waals surface area contributed by atoms with Crippen molar-refractivity contribution >= 4 is 0 Å². The molecule has 0 heterocycles. The van der Waals surface area contributed by atoms with Crippen molar-refractivity contribution in [2.75, 3.05) is 0 Å². The molecule has 1 fully saturated rings. The minimum Gasteiger partial charge on any atom is -0.205 e. The Bertz CT molecular complexity index is 467. The van der Waals surface area contributed by atoms with Crippen LogP contribution in [0.2, 0.25) is 0 Å². The lowest BCUT2D eigenvalue weighted by molar-refractivity contribution is 0.252. The Morgan fingerprint density at radius 2 is 1.80 bits per heavy atom. The smallest absolute Gasteiger partial charge is 0.144 e. The van der Waals surface area contributed by atoms with E-state index in [0.29, 0.717) is 5.56 Å². The molecule has 0 amide bonds. The number of halogens is 1. The summed E-state index contributed by atoms with van der Waals surface area (Å²) in [6, 6.07) is 7.07. The first-order valence-electron chi connectivity index (χ1n) is 7.92. The summed E-state index contributed by atoms with van der Waals surface area (Å²) in [5.41, 5.74) is 0.883. The summed E-state index contributed by atoms with van der Waals surface area (Å²) in [6.45, 7) is 2.26. The SMILES string of the molecule is CCCC1CCC(CCc2cccc(C#N)c2F)CC1. The Balaban J connectivity index is 1.83. The minimum absolute atomic E-state index is 0.175. The van der Waals surface area contributed by atoms with Gasteiger partial charge in [-0.2, -0.15) is 5.26 Å². The second kappa shape index (κ2) is 7.43. The summed E-state index contributed by atoms with van der Waals surface area (Å²) < 4.78 is 14.0. The number of nitrogens with zero attached hydrogens (tertiary/aromatic N) is 1. The molecule has 0 aliphatic heterocycles. The van der Waals surface area contributed by atoms with Gasteiger partial charge < -0.3 is 0 Å². The van der Waals surface area contributed by atoms with Crippen LogP contribution in [0.25, 0.3) is 0 Å². The van der Waals surface area contributed by atoms with Crippen LogP contribution in [0.15, 0.2) is 18.2 Å². The molecule has 0 bridgehead atoms. The normalized spacial score (nSPS) is 22.4. The van der Waals surface area contributed by atoms with Gasteiger partial charge in [-0.3, -0.25) is 0 Å². The highest BCUT2D eigenvalue weighted by Crippen LogP contribution is 2.34. The van der Waals surface area contributed by atoms with Gasteiger partial charge in [-0.15, -0.1) is 0 Å². The van der Waals surface area contributed by atoms with Gasteiger partial charge in [0.1, 0.15) is 11.9 Å². The second-order valence-corrected chi connectivity index (χ2v) is 6.10. The van der Waals surface area contributed by atoms with Crippen molar-refractivity contribution in [2.45, 2.75) is 58.3 Å². The van der Waals surface area contributed by atoms with E-state index in [0.717, 1.165) is 24.7 Å². The molecule has 2 heteroatoms. The van der Waals surface area contributed by atoms with Gasteiger partial charge in [0.15, 0.2) is 0 Å². The maximum Gasteiger partial charge on any atom is 0.144 e. The molecule has 0 spiro atoms. The first kappa shape index (κ1) is 15.0. The largest absolute Gasteiger partial charge is 0.205 e. The van der Waals surface area contributed by atoms with E-state index in [-0.39, 0.29) is 11.4 Å². The van der Waals surface area contributed by atoms with E-state index in [1.807, 2.05) is 12.1 Å². The van der Waals surface area contributed by atoms with Gasteiger partial charge >= 0.3 is 0 Å². The average molecular weight is 273 g/mol. The summed E-state index contributed by atoms with van der Waals surface area (Å²) in [5.74, 6) is 1.36. The lowest BCUT2D eigenvalue weighted by atomic mass is 9.78. The molecule has 1 nitrogen and oxygen atoms in total. The molecule has 1 aromatic rings. The number of rotatable bonds is 5. The maximum absolute atomic E-state index is 14.0. The van der Waals surface area contributed by atoms with E-state index in [2.05, 4.69) is 6.92 Å². The van der Waals surface area contributed by atoms with E-state index in [1.54, 1.807) is 12.1 Å². The highest BCUT2D eigenvalue weighted by atomic mass is 19.1. The molecule has 108 valence electrons. The van der Waals surface area contributed by atoms with Crippen molar-refractivity contribution in [2.24, 2.45) is 11.8 Å². The van der Waals surface area contributed by atoms with Crippen molar-refractivity contribution in [1.29, 1.82) is 5.26 Å². The summed E-state index contributed by atoms with van der Waals surface area (Å²) in [7, 11) is 0. The van der Waals surface area contributed by atoms with E-state index < -0.39 is 0 Å². The van der Waals surface area contributed by atoms with Crippen LogP contribution in [0.5, 0.6) is 0 Å². The Morgan fingerprint density at radius 3 is 2.40 bits per heavy atom. The Labute approximate surface area is 121 Å².